The molecule has 0 heterocycles. The van der Waals surface area contributed by atoms with Crippen LogP contribution < -0.4 is 19.5 Å². The van der Waals surface area contributed by atoms with E-state index in [0.29, 0.717) is 23.5 Å². The zero-order chi connectivity index (χ0) is 20.6. The highest BCUT2D eigenvalue weighted by molar-refractivity contribution is 5.90. The van der Waals surface area contributed by atoms with E-state index in [1.54, 1.807) is 12.1 Å². The molecule has 0 radical (unpaired) electrons. The van der Waals surface area contributed by atoms with Gasteiger partial charge in [0.15, 0.2) is 11.5 Å². The van der Waals surface area contributed by atoms with Crippen LogP contribution in [0.2, 0.25) is 0 Å². The predicted octanol–water partition coefficient (Wildman–Crippen LogP) is 4.26. The quantitative estimate of drug-likeness (QED) is 0.677. The first-order chi connectivity index (χ1) is 13.3. The number of ether oxygens (including phenoxy) is 3. The number of benzene rings is 2. The molecule has 2 rings (SSSR count). The summed E-state index contributed by atoms with van der Waals surface area (Å²) >= 11 is 0. The Hall–Kier alpha value is -3.41. The van der Waals surface area contributed by atoms with Crippen LogP contribution in [0.4, 0.5) is 18.9 Å². The van der Waals surface area contributed by atoms with E-state index in [9.17, 15) is 18.0 Å². The van der Waals surface area contributed by atoms with Gasteiger partial charge < -0.3 is 19.5 Å². The fourth-order valence-electron chi connectivity index (χ4n) is 2.27. The van der Waals surface area contributed by atoms with E-state index < -0.39 is 12.1 Å². The van der Waals surface area contributed by atoms with E-state index in [2.05, 4.69) is 10.1 Å². The molecule has 9 heteroatoms. The number of carbonyl (C=O) groups is 1. The smallest absolute Gasteiger partial charge is 0.493 e. The number of nitrogens with zero attached hydrogens (tertiary/aromatic N) is 1. The minimum absolute atomic E-state index is 0.100. The molecule has 28 heavy (non-hydrogen) atoms. The molecular formula is C19H17F3N2O4. The van der Waals surface area contributed by atoms with Crippen LogP contribution in [0.25, 0.3) is 0 Å². The maximum Gasteiger partial charge on any atom is 0.573 e. The molecule has 2 aromatic rings. The van der Waals surface area contributed by atoms with Gasteiger partial charge in [0.1, 0.15) is 5.75 Å². The van der Waals surface area contributed by atoms with Crippen molar-refractivity contribution in [1.82, 2.24) is 0 Å². The molecule has 1 amide bonds. The van der Waals surface area contributed by atoms with E-state index in [1.807, 2.05) is 6.07 Å². The topological polar surface area (TPSA) is 80.6 Å². The molecule has 0 bridgehead atoms. The first-order valence-corrected chi connectivity index (χ1v) is 8.17. The molecule has 1 N–H and O–H groups in total. The third-order valence-electron chi connectivity index (χ3n) is 3.45. The van der Waals surface area contributed by atoms with E-state index in [1.165, 1.54) is 25.3 Å². The van der Waals surface area contributed by atoms with Gasteiger partial charge in [0, 0.05) is 24.2 Å². The molecular weight excluding hydrogens is 377 g/mol. The van der Waals surface area contributed by atoms with Gasteiger partial charge in [-0.15, -0.1) is 13.2 Å². The molecule has 0 saturated carbocycles. The number of amides is 1. The van der Waals surface area contributed by atoms with E-state index in [0.717, 1.165) is 12.1 Å². The summed E-state index contributed by atoms with van der Waals surface area (Å²) in [7, 11) is 1.45. The fourth-order valence-corrected chi connectivity index (χ4v) is 2.27. The molecule has 0 aromatic heterocycles. The standard InChI is InChI=1S/C19H17F3N2O4/c1-26-17-10-13(12-23)7-8-16(17)27-9-3-6-18(25)24-14-4-2-5-15(11-14)28-19(20,21)22/h2,4-5,7-8,10-11H,3,6,9H2,1H3,(H,24,25). The molecule has 6 nitrogen and oxygen atoms in total. The maximum absolute atomic E-state index is 12.2. The normalized spacial score (nSPS) is 10.7. The van der Waals surface area contributed by atoms with Gasteiger partial charge in [-0.3, -0.25) is 4.79 Å². The van der Waals surface area contributed by atoms with Crippen molar-refractivity contribution in [3.05, 3.63) is 48.0 Å². The lowest BCUT2D eigenvalue weighted by atomic mass is 10.2. The number of methoxy groups -OCH3 is 1. The Morgan fingerprint density at radius 3 is 2.64 bits per heavy atom. The summed E-state index contributed by atoms with van der Waals surface area (Å²) in [6.07, 6.45) is -4.33. The molecule has 0 aliphatic heterocycles. The van der Waals surface area contributed by atoms with Crippen molar-refractivity contribution in [2.75, 3.05) is 19.0 Å². The first-order valence-electron chi connectivity index (χ1n) is 8.17. The number of alkyl halides is 3. The molecule has 0 unspecified atom stereocenters. The second-order valence-electron chi connectivity index (χ2n) is 5.55. The van der Waals surface area contributed by atoms with Crippen LogP contribution in [0.1, 0.15) is 18.4 Å². The highest BCUT2D eigenvalue weighted by Crippen LogP contribution is 2.28. The Bertz CT molecular complexity index is 863. The van der Waals surface area contributed by atoms with Crippen LogP contribution in [0, 0.1) is 11.3 Å². The molecule has 0 atom stereocenters. The highest BCUT2D eigenvalue weighted by atomic mass is 19.4. The maximum atomic E-state index is 12.2. The zero-order valence-electron chi connectivity index (χ0n) is 14.9. The number of hydrogen-bond acceptors (Lipinski definition) is 5. The lowest BCUT2D eigenvalue weighted by molar-refractivity contribution is -0.274. The highest BCUT2D eigenvalue weighted by Gasteiger charge is 2.31. The number of rotatable bonds is 8. The van der Waals surface area contributed by atoms with Crippen molar-refractivity contribution in [1.29, 1.82) is 5.26 Å². The summed E-state index contributed by atoms with van der Waals surface area (Å²) < 4.78 is 51.2. The number of hydrogen-bond donors (Lipinski definition) is 1. The van der Waals surface area contributed by atoms with Crippen molar-refractivity contribution >= 4 is 11.6 Å². The van der Waals surface area contributed by atoms with E-state index in [-0.39, 0.29) is 24.6 Å². The summed E-state index contributed by atoms with van der Waals surface area (Å²) in [6, 6.07) is 11.7. The van der Waals surface area contributed by atoms with E-state index in [4.69, 9.17) is 14.7 Å². The van der Waals surface area contributed by atoms with Crippen LogP contribution in [-0.2, 0) is 4.79 Å². The molecule has 2 aromatic carbocycles. The van der Waals surface area contributed by atoms with Gasteiger partial charge in [0.05, 0.1) is 25.3 Å². The monoisotopic (exact) mass is 394 g/mol. The number of halogens is 3. The minimum atomic E-state index is -4.80. The summed E-state index contributed by atoms with van der Waals surface area (Å²) in [5.74, 6) is 0.0602. The lowest BCUT2D eigenvalue weighted by Gasteiger charge is -2.12. The second kappa shape index (κ2) is 9.50. The Morgan fingerprint density at radius 1 is 1.18 bits per heavy atom. The molecule has 0 fully saturated rings. The van der Waals surface area contributed by atoms with Crippen LogP contribution in [0.15, 0.2) is 42.5 Å². The Balaban J connectivity index is 1.81. The number of nitrogens with one attached hydrogen (secondary N) is 1. The van der Waals surface area contributed by atoms with Crippen molar-refractivity contribution in [3.63, 3.8) is 0 Å². The fraction of sp³-hybridized carbons (Fsp3) is 0.263. The number of carbonyl (C=O) groups excluding carboxylic acids is 1. The Kier molecular flexibility index (Phi) is 7.09. The third kappa shape index (κ3) is 6.72. The summed E-state index contributed by atoms with van der Waals surface area (Å²) in [5, 5.41) is 11.4. The predicted molar refractivity (Wildman–Crippen MR) is 94.2 cm³/mol. The van der Waals surface area contributed by atoms with E-state index >= 15 is 0 Å². The second-order valence-corrected chi connectivity index (χ2v) is 5.55. The molecule has 0 saturated heterocycles. The third-order valence-corrected chi connectivity index (χ3v) is 3.45. The Morgan fingerprint density at radius 2 is 1.96 bits per heavy atom. The molecule has 0 spiro atoms. The average Bonchev–Trinajstić information content (AvgIpc) is 2.64. The average molecular weight is 394 g/mol. The van der Waals surface area contributed by atoms with Crippen LogP contribution >= 0.6 is 0 Å². The zero-order valence-corrected chi connectivity index (χ0v) is 14.9. The van der Waals surface area contributed by atoms with Gasteiger partial charge in [-0.05, 0) is 30.7 Å². The van der Waals surface area contributed by atoms with Crippen molar-refractivity contribution in [3.8, 4) is 23.3 Å². The summed E-state index contributed by atoms with van der Waals surface area (Å²) in [5.41, 5.74) is 0.627. The van der Waals surface area contributed by atoms with Gasteiger partial charge in [0.25, 0.3) is 0 Å². The van der Waals surface area contributed by atoms with Gasteiger partial charge in [-0.25, -0.2) is 0 Å². The minimum Gasteiger partial charge on any atom is -0.493 e. The van der Waals surface area contributed by atoms with Crippen LogP contribution in [-0.4, -0.2) is 26.0 Å². The van der Waals surface area contributed by atoms with Gasteiger partial charge in [-0.2, -0.15) is 5.26 Å². The van der Waals surface area contributed by atoms with Crippen LogP contribution in [0.5, 0.6) is 17.2 Å². The first kappa shape index (κ1) is 20.9. The van der Waals surface area contributed by atoms with Gasteiger partial charge >= 0.3 is 6.36 Å². The van der Waals surface area contributed by atoms with Crippen molar-refractivity contribution in [2.45, 2.75) is 19.2 Å². The molecule has 148 valence electrons. The summed E-state index contributed by atoms with van der Waals surface area (Å²) in [6.45, 7) is 0.215. The van der Waals surface area contributed by atoms with Gasteiger partial charge in [0.2, 0.25) is 5.91 Å². The van der Waals surface area contributed by atoms with Crippen molar-refractivity contribution in [2.24, 2.45) is 0 Å². The molecule has 0 aliphatic rings. The molecule has 0 aliphatic carbocycles. The number of anilines is 1. The van der Waals surface area contributed by atoms with Crippen LogP contribution in [0.3, 0.4) is 0 Å². The summed E-state index contributed by atoms with van der Waals surface area (Å²) in [4.78, 5) is 11.9. The largest absolute Gasteiger partial charge is 0.573 e. The Labute approximate surface area is 159 Å². The van der Waals surface area contributed by atoms with Gasteiger partial charge in [-0.1, -0.05) is 6.07 Å². The van der Waals surface area contributed by atoms with Crippen molar-refractivity contribution < 1.29 is 32.2 Å². The number of nitriles is 1. The lowest BCUT2D eigenvalue weighted by Crippen LogP contribution is -2.17. The SMILES string of the molecule is COc1cc(C#N)ccc1OCCCC(=O)Nc1cccc(OC(F)(F)F)c1.